The monoisotopic (exact) mass is 198 g/mol. The Labute approximate surface area is 86.6 Å². The lowest BCUT2D eigenvalue weighted by atomic mass is 9.70. The highest BCUT2D eigenvalue weighted by molar-refractivity contribution is 5.21. The highest BCUT2D eigenvalue weighted by Gasteiger charge is 2.43. The number of aliphatic hydroxyl groups excluding tert-OH is 1. The molecule has 0 aromatic rings. The van der Waals surface area contributed by atoms with E-state index in [0.717, 1.165) is 12.0 Å². The van der Waals surface area contributed by atoms with E-state index in [-0.39, 0.29) is 5.92 Å². The van der Waals surface area contributed by atoms with Gasteiger partial charge in [-0.25, -0.2) is 0 Å². The molecular formula is C12H22O2. The topological polar surface area (TPSA) is 40.5 Å². The number of hydrogen-bond donors (Lipinski definition) is 2. The Morgan fingerprint density at radius 2 is 2.14 bits per heavy atom. The third kappa shape index (κ3) is 1.73. The first-order chi connectivity index (χ1) is 6.43. The summed E-state index contributed by atoms with van der Waals surface area (Å²) < 4.78 is 0. The molecule has 0 saturated heterocycles. The second-order valence-electron chi connectivity index (χ2n) is 4.75. The van der Waals surface area contributed by atoms with Crippen molar-refractivity contribution >= 4 is 0 Å². The average molecular weight is 198 g/mol. The van der Waals surface area contributed by atoms with Crippen LogP contribution in [-0.2, 0) is 0 Å². The molecule has 2 heteroatoms. The van der Waals surface area contributed by atoms with Crippen molar-refractivity contribution in [2.75, 3.05) is 0 Å². The summed E-state index contributed by atoms with van der Waals surface area (Å²) in [5.41, 5.74) is -0.0721. The van der Waals surface area contributed by atoms with Gasteiger partial charge in [-0.1, -0.05) is 26.8 Å². The maximum Gasteiger partial charge on any atom is 0.111 e. The highest BCUT2D eigenvalue weighted by atomic mass is 16.3. The Hall–Kier alpha value is -0.340. The molecule has 0 fully saturated rings. The van der Waals surface area contributed by atoms with Crippen molar-refractivity contribution in [1.82, 2.24) is 0 Å². The van der Waals surface area contributed by atoms with Crippen LogP contribution < -0.4 is 0 Å². The molecule has 2 nitrogen and oxygen atoms in total. The third-order valence-electron chi connectivity index (χ3n) is 3.67. The molecule has 0 saturated carbocycles. The Morgan fingerprint density at radius 3 is 2.57 bits per heavy atom. The minimum absolute atomic E-state index is 0.184. The van der Waals surface area contributed by atoms with E-state index in [9.17, 15) is 10.2 Å². The third-order valence-corrected chi connectivity index (χ3v) is 3.67. The predicted octanol–water partition coefficient (Wildman–Crippen LogP) is 2.11. The normalized spacial score (nSPS) is 38.6. The Morgan fingerprint density at radius 1 is 1.57 bits per heavy atom. The molecule has 0 heterocycles. The van der Waals surface area contributed by atoms with Crippen molar-refractivity contribution in [2.45, 2.75) is 52.2 Å². The average Bonchev–Trinajstić information content (AvgIpc) is 2.14. The Bertz CT molecular complexity index is 232. The van der Waals surface area contributed by atoms with E-state index in [1.807, 2.05) is 13.8 Å². The highest BCUT2D eigenvalue weighted by Crippen LogP contribution is 2.38. The van der Waals surface area contributed by atoms with Gasteiger partial charge in [0.25, 0.3) is 0 Å². The molecule has 1 aliphatic rings. The second-order valence-corrected chi connectivity index (χ2v) is 4.75. The zero-order valence-corrected chi connectivity index (χ0v) is 9.62. The molecule has 82 valence electrons. The summed E-state index contributed by atoms with van der Waals surface area (Å²) in [6.07, 6.45) is 2.92. The quantitative estimate of drug-likeness (QED) is 0.667. The van der Waals surface area contributed by atoms with Crippen LogP contribution in [0.4, 0.5) is 0 Å². The minimum atomic E-state index is -0.993. The molecule has 0 radical (unpaired) electrons. The van der Waals surface area contributed by atoms with E-state index in [1.165, 1.54) is 0 Å². The van der Waals surface area contributed by atoms with Crippen LogP contribution in [0.1, 0.15) is 40.5 Å². The van der Waals surface area contributed by atoms with Crippen molar-refractivity contribution in [3.05, 3.63) is 11.6 Å². The molecule has 0 spiro atoms. The van der Waals surface area contributed by atoms with E-state index in [4.69, 9.17) is 0 Å². The number of rotatable bonds is 2. The molecule has 0 bridgehead atoms. The summed E-state index contributed by atoms with van der Waals surface area (Å²) in [4.78, 5) is 0. The zero-order valence-electron chi connectivity index (χ0n) is 9.62. The lowest BCUT2D eigenvalue weighted by molar-refractivity contribution is -0.0937. The number of hydrogen-bond acceptors (Lipinski definition) is 2. The fourth-order valence-corrected chi connectivity index (χ4v) is 2.33. The minimum Gasteiger partial charge on any atom is -0.389 e. The van der Waals surface area contributed by atoms with Gasteiger partial charge in [-0.3, -0.25) is 0 Å². The first-order valence-corrected chi connectivity index (χ1v) is 5.51. The van der Waals surface area contributed by atoms with Crippen molar-refractivity contribution in [2.24, 2.45) is 11.8 Å². The van der Waals surface area contributed by atoms with Gasteiger partial charge in [-0.15, -0.1) is 0 Å². The number of allylic oxidation sites excluding steroid dienone is 1. The van der Waals surface area contributed by atoms with Crippen molar-refractivity contribution in [1.29, 1.82) is 0 Å². The molecule has 0 aromatic heterocycles. The van der Waals surface area contributed by atoms with E-state index in [0.29, 0.717) is 12.3 Å². The molecule has 3 atom stereocenters. The summed E-state index contributed by atoms with van der Waals surface area (Å²) in [6, 6.07) is 0. The maximum absolute atomic E-state index is 10.3. The van der Waals surface area contributed by atoms with Crippen LogP contribution in [0, 0.1) is 11.8 Å². The standard InChI is InChI=1S/C12H22O2/c1-5-12(14)9(4)6-7-10(8(2)3)11(12)13/h6,8,10-11,13-14H,5,7H2,1-4H3/t10-,11?,12?/m0/s1. The molecule has 2 unspecified atom stereocenters. The van der Waals surface area contributed by atoms with Crippen LogP contribution in [0.2, 0.25) is 0 Å². The summed E-state index contributed by atoms with van der Waals surface area (Å²) in [5, 5.41) is 20.5. The van der Waals surface area contributed by atoms with Gasteiger partial charge in [-0.05, 0) is 37.2 Å². The molecule has 14 heavy (non-hydrogen) atoms. The van der Waals surface area contributed by atoms with Crippen LogP contribution in [0.5, 0.6) is 0 Å². The predicted molar refractivity (Wildman–Crippen MR) is 57.9 cm³/mol. The molecule has 1 aliphatic carbocycles. The van der Waals surface area contributed by atoms with Gasteiger partial charge in [-0.2, -0.15) is 0 Å². The van der Waals surface area contributed by atoms with E-state index >= 15 is 0 Å². The molecule has 0 amide bonds. The second kappa shape index (κ2) is 4.03. The van der Waals surface area contributed by atoms with Crippen molar-refractivity contribution in [3.63, 3.8) is 0 Å². The molecule has 1 rings (SSSR count). The smallest absolute Gasteiger partial charge is 0.111 e. The van der Waals surface area contributed by atoms with Crippen LogP contribution >= 0.6 is 0 Å². The summed E-state index contributed by atoms with van der Waals surface area (Å²) in [5.74, 6) is 0.594. The lowest BCUT2D eigenvalue weighted by Gasteiger charge is -2.42. The van der Waals surface area contributed by atoms with Crippen molar-refractivity contribution < 1.29 is 10.2 Å². The van der Waals surface area contributed by atoms with Gasteiger partial charge < -0.3 is 10.2 Å². The molecule has 0 aliphatic heterocycles. The fourth-order valence-electron chi connectivity index (χ4n) is 2.33. The Kier molecular flexibility index (Phi) is 3.38. The zero-order chi connectivity index (χ0) is 10.9. The van der Waals surface area contributed by atoms with Gasteiger partial charge >= 0.3 is 0 Å². The summed E-state index contributed by atoms with van der Waals surface area (Å²) in [6.45, 7) is 8.02. The summed E-state index contributed by atoms with van der Waals surface area (Å²) in [7, 11) is 0. The van der Waals surface area contributed by atoms with Crippen LogP contribution in [0.3, 0.4) is 0 Å². The SMILES string of the molecule is CCC1(O)C(C)=CC[C@@H](C(C)C)C1O. The lowest BCUT2D eigenvalue weighted by Crippen LogP contribution is -2.50. The van der Waals surface area contributed by atoms with Gasteiger partial charge in [0, 0.05) is 0 Å². The molecule has 0 aromatic carbocycles. The number of aliphatic hydroxyl groups is 2. The van der Waals surface area contributed by atoms with Crippen LogP contribution in [-0.4, -0.2) is 21.9 Å². The first-order valence-electron chi connectivity index (χ1n) is 5.51. The van der Waals surface area contributed by atoms with Gasteiger partial charge in [0.05, 0.1) is 6.10 Å². The molecular weight excluding hydrogens is 176 g/mol. The molecule has 2 N–H and O–H groups in total. The van der Waals surface area contributed by atoms with E-state index in [2.05, 4.69) is 19.9 Å². The first kappa shape index (κ1) is 11.7. The van der Waals surface area contributed by atoms with Crippen molar-refractivity contribution in [3.8, 4) is 0 Å². The van der Waals surface area contributed by atoms with E-state index in [1.54, 1.807) is 0 Å². The maximum atomic E-state index is 10.3. The largest absolute Gasteiger partial charge is 0.389 e. The summed E-state index contributed by atoms with van der Waals surface area (Å²) >= 11 is 0. The Balaban J connectivity index is 2.96. The van der Waals surface area contributed by atoms with Gasteiger partial charge in [0.2, 0.25) is 0 Å². The van der Waals surface area contributed by atoms with Gasteiger partial charge in [0.15, 0.2) is 0 Å². The van der Waals surface area contributed by atoms with Crippen LogP contribution in [0.15, 0.2) is 11.6 Å². The van der Waals surface area contributed by atoms with Crippen LogP contribution in [0.25, 0.3) is 0 Å². The van der Waals surface area contributed by atoms with E-state index < -0.39 is 11.7 Å². The fraction of sp³-hybridized carbons (Fsp3) is 0.833. The van der Waals surface area contributed by atoms with Gasteiger partial charge in [0.1, 0.15) is 5.60 Å².